The van der Waals surface area contributed by atoms with Gasteiger partial charge in [0.25, 0.3) is 0 Å². The molecule has 2 N–H and O–H groups in total. The molecule has 0 radical (unpaired) electrons. The lowest BCUT2D eigenvalue weighted by atomic mass is 10.2. The van der Waals surface area contributed by atoms with E-state index in [4.69, 9.17) is 17.3 Å². The molecule has 84 valence electrons. The monoisotopic (exact) mass is 240 g/mol. The number of rotatable bonds is 3. The molecule has 0 amide bonds. The van der Waals surface area contributed by atoms with Crippen LogP contribution in [0.3, 0.4) is 0 Å². The summed E-state index contributed by atoms with van der Waals surface area (Å²) in [7, 11) is 0. The summed E-state index contributed by atoms with van der Waals surface area (Å²) in [5.74, 6) is 0.314. The molecule has 0 saturated heterocycles. The molecule has 0 atom stereocenters. The van der Waals surface area contributed by atoms with E-state index < -0.39 is 0 Å². The van der Waals surface area contributed by atoms with Gasteiger partial charge in [0, 0.05) is 5.02 Å². The largest absolute Gasteiger partial charge is 0.324 e. The molecule has 0 unspecified atom stereocenters. The van der Waals surface area contributed by atoms with E-state index in [1.165, 1.54) is 24.5 Å². The number of nitrogens with zero attached hydrogens (tertiary/aromatic N) is 3. The van der Waals surface area contributed by atoms with Crippen LogP contribution in [0.25, 0.3) is 0 Å². The number of hydrogen-bond acceptors (Lipinski definition) is 3. The lowest BCUT2D eigenvalue weighted by Gasteiger charge is -2.06. The molecule has 0 saturated carbocycles. The maximum Gasteiger partial charge on any atom is 0.140 e. The molecule has 0 spiro atoms. The first-order valence-corrected chi connectivity index (χ1v) is 5.09. The van der Waals surface area contributed by atoms with Crippen LogP contribution >= 0.6 is 11.6 Å². The van der Waals surface area contributed by atoms with Gasteiger partial charge in [-0.15, -0.1) is 0 Å². The molecular formula is C10H10ClFN4. The SMILES string of the molecule is NCc1ncnn1Cc1cc(F)ccc1Cl. The highest BCUT2D eigenvalue weighted by molar-refractivity contribution is 6.31. The van der Waals surface area contributed by atoms with Crippen molar-refractivity contribution in [1.29, 1.82) is 0 Å². The van der Waals surface area contributed by atoms with Crippen LogP contribution in [0, 0.1) is 5.82 Å². The third kappa shape index (κ3) is 2.20. The quantitative estimate of drug-likeness (QED) is 0.886. The van der Waals surface area contributed by atoms with E-state index in [2.05, 4.69) is 10.1 Å². The number of hydrogen-bond donors (Lipinski definition) is 1. The standard InChI is InChI=1S/C10H10ClFN4/c11-9-2-1-8(12)3-7(9)5-16-10(4-13)14-6-15-16/h1-3,6H,4-5,13H2. The van der Waals surface area contributed by atoms with E-state index in [9.17, 15) is 4.39 Å². The summed E-state index contributed by atoms with van der Waals surface area (Å²) in [6.07, 6.45) is 1.41. The van der Waals surface area contributed by atoms with Gasteiger partial charge in [-0.3, -0.25) is 0 Å². The molecule has 2 rings (SSSR count). The predicted molar refractivity (Wildman–Crippen MR) is 58.4 cm³/mol. The van der Waals surface area contributed by atoms with Gasteiger partial charge in [0.1, 0.15) is 18.0 Å². The minimum absolute atomic E-state index is 0.285. The smallest absolute Gasteiger partial charge is 0.140 e. The number of benzene rings is 1. The summed E-state index contributed by atoms with van der Waals surface area (Å²) >= 11 is 5.95. The van der Waals surface area contributed by atoms with Crippen LogP contribution in [-0.2, 0) is 13.1 Å². The van der Waals surface area contributed by atoms with Gasteiger partial charge in [0.15, 0.2) is 0 Å². The van der Waals surface area contributed by atoms with Crippen LogP contribution in [0.2, 0.25) is 5.02 Å². The first-order chi connectivity index (χ1) is 7.70. The molecular weight excluding hydrogens is 231 g/mol. The lowest BCUT2D eigenvalue weighted by Crippen LogP contribution is -2.11. The van der Waals surface area contributed by atoms with Gasteiger partial charge in [0.05, 0.1) is 13.1 Å². The minimum atomic E-state index is -0.325. The van der Waals surface area contributed by atoms with Gasteiger partial charge in [-0.1, -0.05) is 11.6 Å². The van der Waals surface area contributed by atoms with Crippen molar-refractivity contribution < 1.29 is 4.39 Å². The Balaban J connectivity index is 2.30. The Labute approximate surface area is 96.9 Å². The predicted octanol–water partition coefficient (Wildman–Crippen LogP) is 1.58. The Morgan fingerprint density at radius 3 is 3.00 bits per heavy atom. The maximum atomic E-state index is 13.0. The van der Waals surface area contributed by atoms with Gasteiger partial charge < -0.3 is 5.73 Å². The zero-order chi connectivity index (χ0) is 11.5. The molecule has 16 heavy (non-hydrogen) atoms. The van der Waals surface area contributed by atoms with Crippen molar-refractivity contribution in [3.05, 3.63) is 46.8 Å². The molecule has 6 heteroatoms. The Kier molecular flexibility index (Phi) is 3.17. The molecule has 0 aliphatic carbocycles. The molecule has 0 bridgehead atoms. The normalized spacial score (nSPS) is 10.7. The Hall–Kier alpha value is -1.46. The van der Waals surface area contributed by atoms with Crippen LogP contribution in [0.1, 0.15) is 11.4 Å². The first kappa shape index (κ1) is 11.0. The molecule has 0 aliphatic rings. The Morgan fingerprint density at radius 2 is 2.25 bits per heavy atom. The summed E-state index contributed by atoms with van der Waals surface area (Å²) in [5.41, 5.74) is 6.14. The van der Waals surface area contributed by atoms with E-state index in [1.54, 1.807) is 4.68 Å². The average Bonchev–Trinajstić information content (AvgIpc) is 2.71. The second-order valence-corrected chi connectivity index (χ2v) is 3.68. The maximum absolute atomic E-state index is 13.0. The zero-order valence-corrected chi connectivity index (χ0v) is 9.15. The van der Waals surface area contributed by atoms with Gasteiger partial charge in [-0.2, -0.15) is 5.10 Å². The zero-order valence-electron chi connectivity index (χ0n) is 8.40. The molecule has 1 aromatic heterocycles. The van der Waals surface area contributed by atoms with Gasteiger partial charge in [-0.25, -0.2) is 14.1 Å². The summed E-state index contributed by atoms with van der Waals surface area (Å²) < 4.78 is 14.6. The van der Waals surface area contributed by atoms with Crippen molar-refractivity contribution in [3.63, 3.8) is 0 Å². The van der Waals surface area contributed by atoms with Crippen molar-refractivity contribution in [1.82, 2.24) is 14.8 Å². The van der Waals surface area contributed by atoms with Crippen molar-refractivity contribution in [3.8, 4) is 0 Å². The fraction of sp³-hybridized carbons (Fsp3) is 0.200. The van der Waals surface area contributed by atoms with Gasteiger partial charge in [-0.05, 0) is 23.8 Å². The van der Waals surface area contributed by atoms with Crippen molar-refractivity contribution in [2.75, 3.05) is 0 Å². The summed E-state index contributed by atoms with van der Waals surface area (Å²) in [6, 6.07) is 4.21. The highest BCUT2D eigenvalue weighted by Gasteiger charge is 2.07. The second kappa shape index (κ2) is 4.59. The minimum Gasteiger partial charge on any atom is -0.324 e. The van der Waals surface area contributed by atoms with E-state index in [1.807, 2.05) is 0 Å². The Morgan fingerprint density at radius 1 is 1.44 bits per heavy atom. The third-order valence-electron chi connectivity index (χ3n) is 2.21. The number of nitrogens with two attached hydrogens (primary N) is 1. The van der Waals surface area contributed by atoms with Crippen LogP contribution in [0.4, 0.5) is 4.39 Å². The summed E-state index contributed by atoms with van der Waals surface area (Å²) in [6.45, 7) is 0.649. The molecule has 1 heterocycles. The van der Waals surface area contributed by atoms with Gasteiger partial charge in [0.2, 0.25) is 0 Å². The molecule has 2 aromatic rings. The van der Waals surface area contributed by atoms with E-state index in [0.717, 1.165) is 0 Å². The highest BCUT2D eigenvalue weighted by atomic mass is 35.5. The van der Waals surface area contributed by atoms with E-state index in [-0.39, 0.29) is 12.4 Å². The Bertz CT molecular complexity index is 497. The molecule has 0 fully saturated rings. The molecule has 1 aromatic carbocycles. The first-order valence-electron chi connectivity index (χ1n) is 4.71. The van der Waals surface area contributed by atoms with Crippen molar-refractivity contribution >= 4 is 11.6 Å². The van der Waals surface area contributed by atoms with Gasteiger partial charge >= 0.3 is 0 Å². The molecule has 4 nitrogen and oxygen atoms in total. The molecule has 0 aliphatic heterocycles. The van der Waals surface area contributed by atoms with Crippen LogP contribution in [0.5, 0.6) is 0 Å². The fourth-order valence-electron chi connectivity index (χ4n) is 1.40. The van der Waals surface area contributed by atoms with Crippen molar-refractivity contribution in [2.45, 2.75) is 13.1 Å². The summed E-state index contributed by atoms with van der Waals surface area (Å²) in [4.78, 5) is 3.97. The van der Waals surface area contributed by atoms with Crippen LogP contribution < -0.4 is 5.73 Å². The lowest BCUT2D eigenvalue weighted by molar-refractivity contribution is 0.611. The fourth-order valence-corrected chi connectivity index (χ4v) is 1.58. The van der Waals surface area contributed by atoms with E-state index in [0.29, 0.717) is 23.0 Å². The third-order valence-corrected chi connectivity index (χ3v) is 2.57. The second-order valence-electron chi connectivity index (χ2n) is 3.27. The number of halogens is 2. The highest BCUT2D eigenvalue weighted by Crippen LogP contribution is 2.18. The topological polar surface area (TPSA) is 56.7 Å². The van der Waals surface area contributed by atoms with Crippen LogP contribution in [0.15, 0.2) is 24.5 Å². The van der Waals surface area contributed by atoms with Crippen molar-refractivity contribution in [2.24, 2.45) is 5.73 Å². The van der Waals surface area contributed by atoms with Crippen LogP contribution in [-0.4, -0.2) is 14.8 Å². The number of aromatic nitrogens is 3. The van der Waals surface area contributed by atoms with E-state index >= 15 is 0 Å². The summed E-state index contributed by atoms with van der Waals surface area (Å²) in [5, 5.41) is 4.50. The average molecular weight is 241 g/mol.